The third-order valence-electron chi connectivity index (χ3n) is 2.49. The van der Waals surface area contributed by atoms with Gasteiger partial charge in [0.05, 0.1) is 25.0 Å². The van der Waals surface area contributed by atoms with Crippen molar-refractivity contribution < 1.29 is 14.1 Å². The van der Waals surface area contributed by atoms with E-state index < -0.39 is 0 Å². The van der Waals surface area contributed by atoms with E-state index in [2.05, 4.69) is 10.5 Å². The topological polar surface area (TPSA) is 90.4 Å². The molecule has 3 N–H and O–H groups in total. The minimum absolute atomic E-state index is 0.230. The first-order valence-corrected chi connectivity index (χ1v) is 5.90. The van der Waals surface area contributed by atoms with Gasteiger partial charge in [0.25, 0.3) is 5.91 Å². The number of nitrogens with two attached hydrogens (primary N) is 1. The number of hydrogen-bond acceptors (Lipinski definition) is 5. The predicted octanol–water partition coefficient (Wildman–Crippen LogP) is 1.59. The van der Waals surface area contributed by atoms with E-state index in [1.807, 2.05) is 6.92 Å². The number of amides is 1. The molecular formula is C13H15N3O3. The number of carbonyl (C=O) groups is 1. The number of anilines is 1. The van der Waals surface area contributed by atoms with Gasteiger partial charge in [-0.3, -0.25) is 4.79 Å². The van der Waals surface area contributed by atoms with Crippen molar-refractivity contribution in [2.24, 2.45) is 0 Å². The highest BCUT2D eigenvalue weighted by atomic mass is 16.5. The number of nitrogens with one attached hydrogen (secondary N) is 1. The van der Waals surface area contributed by atoms with Crippen LogP contribution in [0.1, 0.15) is 23.0 Å². The Morgan fingerprint density at radius 1 is 1.47 bits per heavy atom. The van der Waals surface area contributed by atoms with Gasteiger partial charge >= 0.3 is 0 Å². The Bertz CT molecular complexity index is 552. The number of aromatic nitrogens is 1. The van der Waals surface area contributed by atoms with Crippen molar-refractivity contribution in [2.45, 2.75) is 13.5 Å². The minimum atomic E-state index is -0.230. The van der Waals surface area contributed by atoms with Crippen LogP contribution < -0.4 is 15.8 Å². The van der Waals surface area contributed by atoms with Gasteiger partial charge in [0.1, 0.15) is 5.75 Å². The molecule has 0 unspecified atom stereocenters. The van der Waals surface area contributed by atoms with Crippen LogP contribution >= 0.6 is 0 Å². The van der Waals surface area contributed by atoms with E-state index >= 15 is 0 Å². The summed E-state index contributed by atoms with van der Waals surface area (Å²) in [6, 6.07) is 6.62. The van der Waals surface area contributed by atoms with E-state index in [9.17, 15) is 4.79 Å². The lowest BCUT2D eigenvalue weighted by atomic mass is 10.1. The van der Waals surface area contributed by atoms with Gasteiger partial charge in [-0.1, -0.05) is 5.16 Å². The quantitative estimate of drug-likeness (QED) is 0.797. The average Bonchev–Trinajstić information content (AvgIpc) is 2.91. The number of rotatable bonds is 5. The molecule has 6 heteroatoms. The molecule has 0 aliphatic rings. The Hall–Kier alpha value is -2.50. The van der Waals surface area contributed by atoms with Gasteiger partial charge in [-0.05, 0) is 25.1 Å². The maximum Gasteiger partial charge on any atom is 0.251 e. The zero-order chi connectivity index (χ0) is 13.7. The van der Waals surface area contributed by atoms with Gasteiger partial charge in [-0.25, -0.2) is 0 Å². The molecule has 0 bridgehead atoms. The van der Waals surface area contributed by atoms with Gasteiger partial charge in [-0.15, -0.1) is 0 Å². The molecule has 6 nitrogen and oxygen atoms in total. The van der Waals surface area contributed by atoms with E-state index in [1.165, 1.54) is 6.20 Å². The number of nitrogen functional groups attached to an aromatic ring is 1. The summed E-state index contributed by atoms with van der Waals surface area (Å²) in [5, 5.41) is 6.27. The molecular weight excluding hydrogens is 246 g/mol. The molecule has 1 aromatic heterocycles. The Balaban J connectivity index is 2.01. The second-order valence-electron chi connectivity index (χ2n) is 3.85. The molecule has 2 aromatic rings. The van der Waals surface area contributed by atoms with E-state index in [0.717, 1.165) is 0 Å². The summed E-state index contributed by atoms with van der Waals surface area (Å²) in [5.74, 6) is 0.938. The average molecular weight is 261 g/mol. The van der Waals surface area contributed by atoms with Crippen molar-refractivity contribution in [3.05, 3.63) is 41.8 Å². The van der Waals surface area contributed by atoms with Crippen LogP contribution in [0.5, 0.6) is 5.75 Å². The van der Waals surface area contributed by atoms with Crippen LogP contribution in [0.15, 0.2) is 35.0 Å². The lowest BCUT2D eigenvalue weighted by molar-refractivity contribution is 0.0947. The molecule has 1 amide bonds. The number of benzene rings is 1. The maximum absolute atomic E-state index is 11.9. The molecule has 1 aromatic carbocycles. The van der Waals surface area contributed by atoms with E-state index in [4.69, 9.17) is 15.0 Å². The van der Waals surface area contributed by atoms with Gasteiger partial charge in [0.2, 0.25) is 0 Å². The normalized spacial score (nSPS) is 10.2. The second-order valence-corrected chi connectivity index (χ2v) is 3.85. The molecule has 19 heavy (non-hydrogen) atoms. The van der Waals surface area contributed by atoms with Crippen molar-refractivity contribution >= 4 is 11.6 Å². The van der Waals surface area contributed by atoms with Crippen molar-refractivity contribution in [1.29, 1.82) is 0 Å². The van der Waals surface area contributed by atoms with Gasteiger partial charge in [0, 0.05) is 11.6 Å². The fourth-order valence-electron chi connectivity index (χ4n) is 1.58. The first-order valence-electron chi connectivity index (χ1n) is 5.90. The number of nitrogens with zero attached hydrogens (tertiary/aromatic N) is 1. The largest absolute Gasteiger partial charge is 0.492 e. The minimum Gasteiger partial charge on any atom is -0.492 e. The summed E-state index contributed by atoms with van der Waals surface area (Å²) >= 11 is 0. The van der Waals surface area contributed by atoms with Crippen LogP contribution in [0, 0.1) is 0 Å². The molecule has 2 rings (SSSR count). The third-order valence-corrected chi connectivity index (χ3v) is 2.49. The maximum atomic E-state index is 11.9. The summed E-state index contributed by atoms with van der Waals surface area (Å²) in [6.45, 7) is 2.69. The van der Waals surface area contributed by atoms with E-state index in [1.54, 1.807) is 24.3 Å². The van der Waals surface area contributed by atoms with Gasteiger partial charge in [0.15, 0.2) is 5.76 Å². The highest BCUT2D eigenvalue weighted by Crippen LogP contribution is 2.22. The Morgan fingerprint density at radius 3 is 2.95 bits per heavy atom. The summed E-state index contributed by atoms with van der Waals surface area (Å²) < 4.78 is 10.2. The summed E-state index contributed by atoms with van der Waals surface area (Å²) in [7, 11) is 0. The SMILES string of the molecule is CCOc1ccc(C(=O)NCc2ccno2)cc1N. The second kappa shape index (κ2) is 5.90. The first-order chi connectivity index (χ1) is 9.20. The van der Waals surface area contributed by atoms with Crippen molar-refractivity contribution in [2.75, 3.05) is 12.3 Å². The lowest BCUT2D eigenvalue weighted by Gasteiger charge is -2.08. The van der Waals surface area contributed by atoms with Crippen LogP contribution in [0.3, 0.4) is 0 Å². The molecule has 0 spiro atoms. The number of ether oxygens (including phenoxy) is 1. The molecule has 100 valence electrons. The zero-order valence-electron chi connectivity index (χ0n) is 10.6. The summed E-state index contributed by atoms with van der Waals surface area (Å²) in [5.41, 5.74) is 6.71. The Kier molecular flexibility index (Phi) is 4.02. The molecule has 0 aliphatic carbocycles. The van der Waals surface area contributed by atoms with Crippen molar-refractivity contribution in [3.8, 4) is 5.75 Å². The zero-order valence-corrected chi connectivity index (χ0v) is 10.6. The Morgan fingerprint density at radius 2 is 2.32 bits per heavy atom. The van der Waals surface area contributed by atoms with Crippen LogP contribution in [0.2, 0.25) is 0 Å². The van der Waals surface area contributed by atoms with Crippen LogP contribution in [-0.4, -0.2) is 17.7 Å². The summed E-state index contributed by atoms with van der Waals surface area (Å²) in [4.78, 5) is 11.9. The monoisotopic (exact) mass is 261 g/mol. The molecule has 1 heterocycles. The predicted molar refractivity (Wildman–Crippen MR) is 69.7 cm³/mol. The standard InChI is InChI=1S/C13H15N3O3/c1-2-18-12-4-3-9(7-11(12)14)13(17)15-8-10-5-6-16-19-10/h3-7H,2,8,14H2,1H3,(H,15,17). The van der Waals surface area contributed by atoms with Crippen molar-refractivity contribution in [1.82, 2.24) is 10.5 Å². The molecule has 0 aliphatic heterocycles. The van der Waals surface area contributed by atoms with Crippen molar-refractivity contribution in [3.63, 3.8) is 0 Å². The first kappa shape index (κ1) is 12.9. The smallest absolute Gasteiger partial charge is 0.251 e. The number of hydrogen-bond donors (Lipinski definition) is 2. The van der Waals surface area contributed by atoms with Gasteiger partial charge < -0.3 is 20.3 Å². The van der Waals surface area contributed by atoms with Crippen LogP contribution in [-0.2, 0) is 6.54 Å². The highest BCUT2D eigenvalue weighted by molar-refractivity contribution is 5.95. The molecule has 0 atom stereocenters. The fourth-order valence-corrected chi connectivity index (χ4v) is 1.58. The number of carbonyl (C=O) groups excluding carboxylic acids is 1. The van der Waals surface area contributed by atoms with Crippen LogP contribution in [0.4, 0.5) is 5.69 Å². The van der Waals surface area contributed by atoms with Gasteiger partial charge in [-0.2, -0.15) is 0 Å². The van der Waals surface area contributed by atoms with Crippen LogP contribution in [0.25, 0.3) is 0 Å². The summed E-state index contributed by atoms with van der Waals surface area (Å²) in [6.07, 6.45) is 1.52. The molecule has 0 saturated heterocycles. The Labute approximate surface area is 110 Å². The fraction of sp³-hybridized carbons (Fsp3) is 0.231. The third kappa shape index (κ3) is 3.25. The highest BCUT2D eigenvalue weighted by Gasteiger charge is 2.09. The van der Waals surface area contributed by atoms with E-state index in [0.29, 0.717) is 29.4 Å². The van der Waals surface area contributed by atoms with E-state index in [-0.39, 0.29) is 12.5 Å². The molecule has 0 fully saturated rings. The molecule has 0 saturated carbocycles. The molecule has 0 radical (unpaired) electrons. The lowest BCUT2D eigenvalue weighted by Crippen LogP contribution is -2.22.